The third-order valence-corrected chi connectivity index (χ3v) is 3.42. The molecule has 0 bridgehead atoms. The largest absolute Gasteiger partial charge is 0.320 e. The maximum absolute atomic E-state index is 9.01. The molecule has 100 valence electrons. The summed E-state index contributed by atoms with van der Waals surface area (Å²) in [5.74, 6) is 0. The van der Waals surface area contributed by atoms with Gasteiger partial charge in [0.15, 0.2) is 0 Å². The van der Waals surface area contributed by atoms with E-state index in [1.165, 1.54) is 0 Å². The Morgan fingerprint density at radius 1 is 0.682 bits per heavy atom. The second-order valence-corrected chi connectivity index (χ2v) is 4.50. The van der Waals surface area contributed by atoms with E-state index in [0.29, 0.717) is 21.5 Å². The minimum Gasteiger partial charge on any atom is -0.320 e. The molecule has 3 rings (SSSR count). The van der Waals surface area contributed by atoms with Gasteiger partial charge in [-0.25, -0.2) is 0 Å². The molecule has 0 aromatic carbocycles. The van der Waals surface area contributed by atoms with Gasteiger partial charge in [-0.15, -0.1) is 0 Å². The Kier molecular flexibility index (Phi) is 2.86. The fourth-order valence-electron chi connectivity index (χ4n) is 2.39. The summed E-state index contributed by atoms with van der Waals surface area (Å²) in [6, 6.07) is 10.9. The summed E-state index contributed by atoms with van der Waals surface area (Å²) >= 11 is 0. The number of hydrogen-bond acceptors (Lipinski definition) is 4. The lowest BCUT2D eigenvalue weighted by Crippen LogP contribution is -2.07. The lowest BCUT2D eigenvalue weighted by atomic mass is 10.2. The van der Waals surface area contributed by atoms with Crippen LogP contribution in [0.25, 0.3) is 22.2 Å². The van der Waals surface area contributed by atoms with Crippen molar-refractivity contribution in [3.05, 3.63) is 47.4 Å². The highest BCUT2D eigenvalue weighted by molar-refractivity contribution is 5.79. The minimum atomic E-state index is 0.0375. The van der Waals surface area contributed by atoms with Gasteiger partial charge in [0.1, 0.15) is 35.4 Å². The van der Waals surface area contributed by atoms with E-state index in [4.69, 9.17) is 21.0 Å². The summed E-state index contributed by atoms with van der Waals surface area (Å²) in [5, 5.41) is 37.1. The SMILES string of the molecule is N#CC(C#N)=c1ccn2cc3c(=C(C#N)C#N)ccn3cc12. The maximum atomic E-state index is 9.01. The van der Waals surface area contributed by atoms with Crippen molar-refractivity contribution in [2.75, 3.05) is 0 Å². The average Bonchev–Trinajstić information content (AvgIpc) is 3.13. The Morgan fingerprint density at radius 3 is 1.36 bits per heavy atom. The van der Waals surface area contributed by atoms with Crippen LogP contribution in [0.3, 0.4) is 0 Å². The van der Waals surface area contributed by atoms with Crippen molar-refractivity contribution < 1.29 is 0 Å². The summed E-state index contributed by atoms with van der Waals surface area (Å²) in [5.41, 5.74) is 1.47. The third-order valence-electron chi connectivity index (χ3n) is 3.42. The van der Waals surface area contributed by atoms with Crippen LogP contribution in [0.2, 0.25) is 0 Å². The van der Waals surface area contributed by atoms with Crippen molar-refractivity contribution in [3.63, 3.8) is 0 Å². The van der Waals surface area contributed by atoms with Crippen molar-refractivity contribution in [3.8, 4) is 24.3 Å². The topological polar surface area (TPSA) is 104 Å². The van der Waals surface area contributed by atoms with Gasteiger partial charge in [0, 0.05) is 35.2 Å². The van der Waals surface area contributed by atoms with Gasteiger partial charge in [-0.05, 0) is 12.1 Å². The van der Waals surface area contributed by atoms with E-state index < -0.39 is 0 Å². The number of nitrogens with zero attached hydrogens (tertiary/aromatic N) is 6. The second-order valence-electron chi connectivity index (χ2n) is 4.50. The van der Waals surface area contributed by atoms with E-state index in [0.717, 1.165) is 0 Å². The van der Waals surface area contributed by atoms with E-state index in [9.17, 15) is 0 Å². The molecule has 6 heteroatoms. The Balaban J connectivity index is 2.53. The van der Waals surface area contributed by atoms with E-state index in [2.05, 4.69) is 0 Å². The molecule has 0 aliphatic rings. The van der Waals surface area contributed by atoms with Crippen LogP contribution in [0.1, 0.15) is 0 Å². The predicted octanol–water partition coefficient (Wildman–Crippen LogP) is 0.588. The Morgan fingerprint density at radius 2 is 1.05 bits per heavy atom. The first-order valence-corrected chi connectivity index (χ1v) is 6.20. The number of fused-ring (bicyclic) bond motifs is 2. The average molecular weight is 282 g/mol. The minimum absolute atomic E-state index is 0.0375. The fraction of sp³-hybridized carbons (Fsp3) is 0. The summed E-state index contributed by atoms with van der Waals surface area (Å²) in [4.78, 5) is 0. The summed E-state index contributed by atoms with van der Waals surface area (Å²) < 4.78 is 3.52. The molecule has 0 unspecified atom stereocenters. The highest BCUT2D eigenvalue weighted by atomic mass is 15.0. The molecule has 0 saturated heterocycles. The maximum Gasteiger partial charge on any atom is 0.139 e. The zero-order chi connectivity index (χ0) is 15.7. The van der Waals surface area contributed by atoms with Crippen molar-refractivity contribution in [2.24, 2.45) is 0 Å². The van der Waals surface area contributed by atoms with Gasteiger partial charge in [-0.3, -0.25) is 0 Å². The quantitative estimate of drug-likeness (QED) is 0.601. The first kappa shape index (κ1) is 13.0. The van der Waals surface area contributed by atoms with Crippen molar-refractivity contribution in [2.45, 2.75) is 0 Å². The van der Waals surface area contributed by atoms with Crippen LogP contribution in [-0.4, -0.2) is 8.80 Å². The standard InChI is InChI=1S/C16H6N6/c17-5-11(6-18)13-1-3-21-10-16-14(12(7-19)8-20)2-4-22(16)9-15(13)21/h1-4,9-10H. The number of nitriles is 4. The lowest BCUT2D eigenvalue weighted by molar-refractivity contribution is 1.11. The third kappa shape index (κ3) is 1.70. The van der Waals surface area contributed by atoms with Crippen molar-refractivity contribution in [1.29, 1.82) is 21.0 Å². The molecule has 0 atom stereocenters. The number of rotatable bonds is 0. The summed E-state index contributed by atoms with van der Waals surface area (Å²) in [7, 11) is 0. The van der Waals surface area contributed by atoms with Crippen LogP contribution >= 0.6 is 0 Å². The van der Waals surface area contributed by atoms with Gasteiger partial charge in [0.25, 0.3) is 0 Å². The molecule has 3 aromatic rings. The summed E-state index contributed by atoms with van der Waals surface area (Å²) in [6.45, 7) is 0. The van der Waals surface area contributed by atoms with Crippen LogP contribution in [-0.2, 0) is 0 Å². The molecule has 0 saturated carbocycles. The van der Waals surface area contributed by atoms with E-state index in [-0.39, 0.29) is 11.1 Å². The van der Waals surface area contributed by atoms with Gasteiger partial charge in [0.2, 0.25) is 0 Å². The van der Waals surface area contributed by atoms with Crippen LogP contribution < -0.4 is 10.4 Å². The second kappa shape index (κ2) is 4.84. The fourth-order valence-corrected chi connectivity index (χ4v) is 2.39. The molecule has 22 heavy (non-hydrogen) atoms. The molecule has 0 aliphatic heterocycles. The Hall–Kier alpha value is -4.00. The van der Waals surface area contributed by atoms with Crippen LogP contribution in [0.5, 0.6) is 0 Å². The molecular weight excluding hydrogens is 276 g/mol. The molecular formula is C16H6N6. The molecule has 0 spiro atoms. The Labute approximate surface area is 124 Å². The van der Waals surface area contributed by atoms with Gasteiger partial charge < -0.3 is 8.80 Å². The monoisotopic (exact) mass is 282 g/mol. The zero-order valence-electron chi connectivity index (χ0n) is 11.1. The highest BCUT2D eigenvalue weighted by Gasteiger charge is 2.06. The van der Waals surface area contributed by atoms with E-state index in [1.54, 1.807) is 45.7 Å². The molecule has 0 amide bonds. The first-order valence-electron chi connectivity index (χ1n) is 6.20. The molecule has 6 nitrogen and oxygen atoms in total. The van der Waals surface area contributed by atoms with Crippen LogP contribution in [0.4, 0.5) is 0 Å². The van der Waals surface area contributed by atoms with Crippen molar-refractivity contribution >= 4 is 22.2 Å². The zero-order valence-corrected chi connectivity index (χ0v) is 11.1. The van der Waals surface area contributed by atoms with Crippen LogP contribution in [0, 0.1) is 45.3 Å². The van der Waals surface area contributed by atoms with Gasteiger partial charge in [-0.2, -0.15) is 21.0 Å². The smallest absolute Gasteiger partial charge is 0.139 e. The highest BCUT2D eigenvalue weighted by Crippen LogP contribution is 2.06. The molecule has 0 N–H and O–H groups in total. The molecule has 0 aliphatic carbocycles. The van der Waals surface area contributed by atoms with Crippen LogP contribution in [0.15, 0.2) is 36.9 Å². The normalized spacial score (nSPS) is 9.64. The van der Waals surface area contributed by atoms with Gasteiger partial charge in [-0.1, -0.05) is 0 Å². The molecule has 0 radical (unpaired) electrons. The molecule has 3 aromatic heterocycles. The number of hydrogen-bond donors (Lipinski definition) is 0. The lowest BCUT2D eigenvalue weighted by Gasteiger charge is -1.99. The predicted molar refractivity (Wildman–Crippen MR) is 76.9 cm³/mol. The van der Waals surface area contributed by atoms with Crippen molar-refractivity contribution in [1.82, 2.24) is 8.80 Å². The molecule has 0 fully saturated rings. The Bertz CT molecular complexity index is 1080. The first-order chi connectivity index (χ1) is 10.7. The van der Waals surface area contributed by atoms with Gasteiger partial charge in [0.05, 0.1) is 11.0 Å². The number of aromatic nitrogens is 2. The van der Waals surface area contributed by atoms with E-state index >= 15 is 0 Å². The summed E-state index contributed by atoms with van der Waals surface area (Å²) in [6.07, 6.45) is 6.98. The molecule has 3 heterocycles. The van der Waals surface area contributed by atoms with E-state index in [1.807, 2.05) is 24.3 Å². The van der Waals surface area contributed by atoms with Gasteiger partial charge >= 0.3 is 0 Å².